The maximum atomic E-state index is 12.1. The number of carbonyl (C=O) groups is 1. The smallest absolute Gasteiger partial charge is 0.312 e. The molecular weight excluding hydrogens is 252 g/mol. The lowest BCUT2D eigenvalue weighted by Crippen LogP contribution is -2.33. The molecule has 3 nitrogen and oxygen atoms in total. The molecule has 0 radical (unpaired) electrons. The average molecular weight is 278 g/mol. The van der Waals surface area contributed by atoms with Crippen LogP contribution in [-0.2, 0) is 20.9 Å². The summed E-state index contributed by atoms with van der Waals surface area (Å²) in [5.41, 5.74) is 0.656. The van der Waals surface area contributed by atoms with Gasteiger partial charge in [-0.3, -0.25) is 4.79 Å². The normalized spacial score (nSPS) is 13.3. The van der Waals surface area contributed by atoms with E-state index in [-0.39, 0.29) is 17.8 Å². The van der Waals surface area contributed by atoms with Crippen molar-refractivity contribution in [3.8, 4) is 0 Å². The van der Waals surface area contributed by atoms with E-state index in [9.17, 15) is 4.79 Å². The second-order valence-corrected chi connectivity index (χ2v) is 6.38. The summed E-state index contributed by atoms with van der Waals surface area (Å²) in [5, 5.41) is 0. The van der Waals surface area contributed by atoms with Gasteiger partial charge in [0, 0.05) is 0 Å². The largest absolute Gasteiger partial charge is 0.460 e. The molecule has 1 aromatic carbocycles. The van der Waals surface area contributed by atoms with Gasteiger partial charge in [0.05, 0.1) is 19.1 Å². The van der Waals surface area contributed by atoms with E-state index < -0.39 is 5.60 Å². The highest BCUT2D eigenvalue weighted by Crippen LogP contribution is 2.18. The summed E-state index contributed by atoms with van der Waals surface area (Å²) in [6.07, 6.45) is 0. The van der Waals surface area contributed by atoms with Crippen LogP contribution in [0.2, 0.25) is 0 Å². The van der Waals surface area contributed by atoms with Crippen molar-refractivity contribution in [2.24, 2.45) is 11.8 Å². The molecule has 0 bridgehead atoms. The summed E-state index contributed by atoms with van der Waals surface area (Å²) in [5.74, 6) is -0.209. The van der Waals surface area contributed by atoms with Crippen LogP contribution in [0.15, 0.2) is 30.3 Å². The number of hydrogen-bond donors (Lipinski definition) is 0. The third kappa shape index (κ3) is 6.20. The molecule has 0 N–H and O–H groups in total. The standard InChI is InChI=1S/C17H26O3/c1-13(2)15(16(18)20-17(3,4)5)12-19-11-14-9-7-6-8-10-14/h6-10,13,15H,11-12H2,1-5H3/t15-/m0/s1. The van der Waals surface area contributed by atoms with Gasteiger partial charge in [-0.05, 0) is 32.3 Å². The number of esters is 1. The van der Waals surface area contributed by atoms with Crippen LogP contribution in [0.3, 0.4) is 0 Å². The number of hydrogen-bond acceptors (Lipinski definition) is 3. The summed E-state index contributed by atoms with van der Waals surface area (Å²) < 4.78 is 11.1. The van der Waals surface area contributed by atoms with Gasteiger partial charge >= 0.3 is 5.97 Å². The lowest BCUT2D eigenvalue weighted by atomic mass is 9.96. The summed E-state index contributed by atoms with van der Waals surface area (Å²) >= 11 is 0. The van der Waals surface area contributed by atoms with Gasteiger partial charge in [-0.15, -0.1) is 0 Å². The zero-order chi connectivity index (χ0) is 15.2. The van der Waals surface area contributed by atoms with Crippen LogP contribution in [0.4, 0.5) is 0 Å². The Morgan fingerprint density at radius 1 is 1.15 bits per heavy atom. The van der Waals surface area contributed by atoms with Crippen molar-refractivity contribution in [3.05, 3.63) is 35.9 Å². The molecule has 0 aromatic heterocycles. The van der Waals surface area contributed by atoms with Crippen LogP contribution in [0.5, 0.6) is 0 Å². The van der Waals surface area contributed by atoms with E-state index in [1.807, 2.05) is 65.0 Å². The van der Waals surface area contributed by atoms with E-state index in [0.717, 1.165) is 5.56 Å². The quantitative estimate of drug-likeness (QED) is 0.742. The highest BCUT2D eigenvalue weighted by atomic mass is 16.6. The third-order valence-corrected chi connectivity index (χ3v) is 2.92. The van der Waals surface area contributed by atoms with Crippen molar-refractivity contribution in [2.75, 3.05) is 6.61 Å². The van der Waals surface area contributed by atoms with E-state index in [2.05, 4.69) is 0 Å². The minimum Gasteiger partial charge on any atom is -0.460 e. The van der Waals surface area contributed by atoms with Crippen LogP contribution >= 0.6 is 0 Å². The van der Waals surface area contributed by atoms with Crippen LogP contribution in [0.25, 0.3) is 0 Å². The first-order valence-corrected chi connectivity index (χ1v) is 7.14. The lowest BCUT2D eigenvalue weighted by Gasteiger charge is -2.25. The highest BCUT2D eigenvalue weighted by molar-refractivity contribution is 5.73. The second kappa shape index (κ2) is 7.44. The molecule has 112 valence electrons. The zero-order valence-corrected chi connectivity index (χ0v) is 13.2. The Bertz CT molecular complexity index is 404. The molecule has 3 heteroatoms. The van der Waals surface area contributed by atoms with Crippen molar-refractivity contribution in [1.82, 2.24) is 0 Å². The molecule has 0 unspecified atom stereocenters. The maximum absolute atomic E-state index is 12.1. The summed E-state index contributed by atoms with van der Waals surface area (Å²) in [4.78, 5) is 12.1. The van der Waals surface area contributed by atoms with Crippen LogP contribution in [0, 0.1) is 11.8 Å². The van der Waals surface area contributed by atoms with E-state index >= 15 is 0 Å². The van der Waals surface area contributed by atoms with Gasteiger partial charge in [0.15, 0.2) is 0 Å². The van der Waals surface area contributed by atoms with Crippen molar-refractivity contribution < 1.29 is 14.3 Å². The van der Waals surface area contributed by atoms with Gasteiger partial charge in [-0.1, -0.05) is 44.2 Å². The highest BCUT2D eigenvalue weighted by Gasteiger charge is 2.27. The average Bonchev–Trinajstić information content (AvgIpc) is 2.33. The van der Waals surface area contributed by atoms with Gasteiger partial charge < -0.3 is 9.47 Å². The van der Waals surface area contributed by atoms with E-state index in [4.69, 9.17) is 9.47 Å². The topological polar surface area (TPSA) is 35.5 Å². The Kier molecular flexibility index (Phi) is 6.21. The Morgan fingerprint density at radius 3 is 2.25 bits per heavy atom. The molecule has 20 heavy (non-hydrogen) atoms. The molecule has 0 aliphatic heterocycles. The minimum atomic E-state index is -0.455. The van der Waals surface area contributed by atoms with E-state index in [1.54, 1.807) is 0 Å². The molecule has 0 fully saturated rings. The fraction of sp³-hybridized carbons (Fsp3) is 0.588. The van der Waals surface area contributed by atoms with Crippen molar-refractivity contribution in [2.45, 2.75) is 46.8 Å². The monoisotopic (exact) mass is 278 g/mol. The number of benzene rings is 1. The van der Waals surface area contributed by atoms with Crippen LogP contribution in [0.1, 0.15) is 40.2 Å². The Balaban J connectivity index is 2.49. The predicted molar refractivity (Wildman–Crippen MR) is 80.3 cm³/mol. The fourth-order valence-electron chi connectivity index (χ4n) is 1.79. The Hall–Kier alpha value is -1.35. The predicted octanol–water partition coefficient (Wildman–Crippen LogP) is 3.82. The molecule has 1 atom stereocenters. The van der Waals surface area contributed by atoms with Gasteiger partial charge in [-0.25, -0.2) is 0 Å². The fourth-order valence-corrected chi connectivity index (χ4v) is 1.79. The first-order chi connectivity index (χ1) is 9.29. The van der Waals surface area contributed by atoms with Crippen molar-refractivity contribution >= 4 is 5.97 Å². The molecule has 0 saturated heterocycles. The molecule has 0 aliphatic carbocycles. The van der Waals surface area contributed by atoms with Crippen molar-refractivity contribution in [1.29, 1.82) is 0 Å². The molecule has 1 rings (SSSR count). The summed E-state index contributed by atoms with van der Waals surface area (Å²) in [7, 11) is 0. The van der Waals surface area contributed by atoms with E-state index in [0.29, 0.717) is 13.2 Å². The molecule has 1 aromatic rings. The SMILES string of the molecule is CC(C)[C@H](COCc1ccccc1)C(=O)OC(C)(C)C. The van der Waals surface area contributed by atoms with E-state index in [1.165, 1.54) is 0 Å². The van der Waals surface area contributed by atoms with Crippen molar-refractivity contribution in [3.63, 3.8) is 0 Å². The molecule has 0 saturated carbocycles. The Labute approximate surface area is 122 Å². The van der Waals surface area contributed by atoms with Crippen LogP contribution in [-0.4, -0.2) is 18.2 Å². The zero-order valence-electron chi connectivity index (χ0n) is 13.2. The molecule has 0 aliphatic rings. The molecule has 0 spiro atoms. The Morgan fingerprint density at radius 2 is 1.75 bits per heavy atom. The first-order valence-electron chi connectivity index (χ1n) is 7.14. The number of rotatable bonds is 6. The summed E-state index contributed by atoms with van der Waals surface area (Å²) in [6, 6.07) is 9.95. The first kappa shape index (κ1) is 16.7. The van der Waals surface area contributed by atoms with Gasteiger partial charge in [0.2, 0.25) is 0 Å². The molecule has 0 heterocycles. The lowest BCUT2D eigenvalue weighted by molar-refractivity contribution is -0.164. The number of carbonyl (C=O) groups excluding carboxylic acids is 1. The van der Waals surface area contributed by atoms with Gasteiger partial charge in [-0.2, -0.15) is 0 Å². The number of ether oxygens (including phenoxy) is 2. The third-order valence-electron chi connectivity index (χ3n) is 2.92. The second-order valence-electron chi connectivity index (χ2n) is 6.38. The van der Waals surface area contributed by atoms with Crippen LogP contribution < -0.4 is 0 Å². The molecular formula is C17H26O3. The summed E-state index contributed by atoms with van der Waals surface area (Å²) in [6.45, 7) is 10.6. The maximum Gasteiger partial charge on any atom is 0.312 e. The molecule has 0 amide bonds. The van der Waals surface area contributed by atoms with Gasteiger partial charge in [0.1, 0.15) is 5.60 Å². The minimum absolute atomic E-state index is 0.180. The van der Waals surface area contributed by atoms with Gasteiger partial charge in [0.25, 0.3) is 0 Å².